The van der Waals surface area contributed by atoms with Crippen molar-refractivity contribution in [2.24, 2.45) is 0 Å². The Kier molecular flexibility index (Phi) is 3.34. The molecule has 1 aliphatic rings. The van der Waals surface area contributed by atoms with Crippen LogP contribution < -0.4 is 0 Å². The summed E-state index contributed by atoms with van der Waals surface area (Å²) in [4.78, 5) is 12.9. The second kappa shape index (κ2) is 4.74. The highest BCUT2D eigenvalue weighted by Gasteiger charge is 2.21. The van der Waals surface area contributed by atoms with Crippen LogP contribution in [0.5, 0.6) is 0 Å². The molecule has 1 saturated heterocycles. The molecule has 0 spiro atoms. The number of aldehydes is 1. The fraction of sp³-hybridized carbons (Fsp3) is 0.462. The first-order chi connectivity index (χ1) is 7.72. The predicted octanol–water partition coefficient (Wildman–Crippen LogP) is 2.80. The second-order valence-electron chi connectivity index (χ2n) is 4.32. The predicted molar refractivity (Wildman–Crippen MR) is 61.0 cm³/mol. The van der Waals surface area contributed by atoms with E-state index in [4.69, 9.17) is 0 Å². The highest BCUT2D eigenvalue weighted by molar-refractivity contribution is 5.75. The summed E-state index contributed by atoms with van der Waals surface area (Å²) in [5.74, 6) is -0.218. The monoisotopic (exact) mass is 221 g/mol. The van der Waals surface area contributed by atoms with Crippen LogP contribution >= 0.6 is 0 Å². The van der Waals surface area contributed by atoms with E-state index in [0.29, 0.717) is 11.1 Å². The van der Waals surface area contributed by atoms with Crippen molar-refractivity contribution in [2.45, 2.75) is 25.8 Å². The molecule has 1 fully saturated rings. The van der Waals surface area contributed by atoms with Gasteiger partial charge < -0.3 is 0 Å². The average molecular weight is 221 g/mol. The van der Waals surface area contributed by atoms with Crippen molar-refractivity contribution in [3.63, 3.8) is 0 Å². The van der Waals surface area contributed by atoms with Crippen molar-refractivity contribution in [3.05, 3.63) is 35.1 Å². The number of hydrogen-bond donors (Lipinski definition) is 0. The third-order valence-electron chi connectivity index (χ3n) is 3.29. The average Bonchev–Trinajstić information content (AvgIpc) is 2.82. The SMILES string of the molecule is CC(c1cc(C=O)ccc1F)N1CCCC1. The molecule has 1 aliphatic heterocycles. The van der Waals surface area contributed by atoms with Crippen LogP contribution in [0.4, 0.5) is 4.39 Å². The molecule has 1 aromatic carbocycles. The molecule has 2 nitrogen and oxygen atoms in total. The molecule has 1 unspecified atom stereocenters. The van der Waals surface area contributed by atoms with Gasteiger partial charge in [0, 0.05) is 17.2 Å². The Bertz CT molecular complexity index is 386. The molecule has 0 bridgehead atoms. The zero-order valence-corrected chi connectivity index (χ0v) is 9.45. The van der Waals surface area contributed by atoms with E-state index in [2.05, 4.69) is 4.90 Å². The molecular formula is C13H16FNO. The van der Waals surface area contributed by atoms with Gasteiger partial charge in [-0.05, 0) is 51.1 Å². The van der Waals surface area contributed by atoms with Gasteiger partial charge in [-0.25, -0.2) is 4.39 Å². The first-order valence-corrected chi connectivity index (χ1v) is 5.71. The van der Waals surface area contributed by atoms with Gasteiger partial charge in [0.15, 0.2) is 0 Å². The van der Waals surface area contributed by atoms with E-state index in [1.165, 1.54) is 25.0 Å². The van der Waals surface area contributed by atoms with E-state index >= 15 is 0 Å². The van der Waals surface area contributed by atoms with Gasteiger partial charge >= 0.3 is 0 Å². The maximum Gasteiger partial charge on any atom is 0.150 e. The molecule has 0 N–H and O–H groups in total. The first kappa shape index (κ1) is 11.3. The normalized spacial score (nSPS) is 18.6. The van der Waals surface area contributed by atoms with E-state index in [9.17, 15) is 9.18 Å². The summed E-state index contributed by atoms with van der Waals surface area (Å²) < 4.78 is 13.7. The molecule has 1 aromatic rings. The summed E-state index contributed by atoms with van der Waals surface area (Å²) >= 11 is 0. The van der Waals surface area contributed by atoms with Crippen LogP contribution in [-0.2, 0) is 0 Å². The Hall–Kier alpha value is -1.22. The van der Waals surface area contributed by atoms with E-state index < -0.39 is 0 Å². The lowest BCUT2D eigenvalue weighted by molar-refractivity contribution is 0.112. The number of nitrogens with zero attached hydrogens (tertiary/aromatic N) is 1. The number of rotatable bonds is 3. The molecule has 0 amide bonds. The van der Waals surface area contributed by atoms with Crippen LogP contribution in [0.25, 0.3) is 0 Å². The maximum absolute atomic E-state index is 13.7. The Morgan fingerprint density at radius 3 is 2.69 bits per heavy atom. The second-order valence-corrected chi connectivity index (χ2v) is 4.32. The maximum atomic E-state index is 13.7. The van der Waals surface area contributed by atoms with Gasteiger partial charge in [-0.2, -0.15) is 0 Å². The summed E-state index contributed by atoms with van der Waals surface area (Å²) in [6, 6.07) is 4.61. The van der Waals surface area contributed by atoms with Crippen molar-refractivity contribution in [2.75, 3.05) is 13.1 Å². The van der Waals surface area contributed by atoms with Crippen LogP contribution in [0.1, 0.15) is 41.7 Å². The largest absolute Gasteiger partial charge is 0.298 e. The lowest BCUT2D eigenvalue weighted by atomic mass is 10.0. The van der Waals surface area contributed by atoms with Crippen LogP contribution in [0.3, 0.4) is 0 Å². The zero-order valence-electron chi connectivity index (χ0n) is 9.45. The Morgan fingerprint density at radius 2 is 2.06 bits per heavy atom. The molecular weight excluding hydrogens is 205 g/mol. The minimum atomic E-state index is -0.218. The molecule has 86 valence electrons. The van der Waals surface area contributed by atoms with E-state index in [1.807, 2.05) is 6.92 Å². The molecule has 3 heteroatoms. The summed E-state index contributed by atoms with van der Waals surface area (Å²) in [6.45, 7) is 4.04. The van der Waals surface area contributed by atoms with Crippen LogP contribution in [-0.4, -0.2) is 24.3 Å². The van der Waals surface area contributed by atoms with Crippen molar-refractivity contribution >= 4 is 6.29 Å². The minimum absolute atomic E-state index is 0.0578. The topological polar surface area (TPSA) is 20.3 Å². The summed E-state index contributed by atoms with van der Waals surface area (Å²) in [7, 11) is 0. The van der Waals surface area contributed by atoms with Gasteiger partial charge in [-0.15, -0.1) is 0 Å². The van der Waals surface area contributed by atoms with Crippen LogP contribution in [0.2, 0.25) is 0 Å². The van der Waals surface area contributed by atoms with Gasteiger partial charge in [-0.3, -0.25) is 9.69 Å². The number of hydrogen-bond acceptors (Lipinski definition) is 2. The molecule has 16 heavy (non-hydrogen) atoms. The van der Waals surface area contributed by atoms with Gasteiger partial charge in [0.1, 0.15) is 12.1 Å². The van der Waals surface area contributed by atoms with Crippen molar-refractivity contribution in [1.82, 2.24) is 4.90 Å². The summed E-state index contributed by atoms with van der Waals surface area (Å²) in [5, 5.41) is 0. The van der Waals surface area contributed by atoms with Crippen LogP contribution in [0, 0.1) is 5.82 Å². The Balaban J connectivity index is 2.26. The highest BCUT2D eigenvalue weighted by Crippen LogP contribution is 2.26. The van der Waals surface area contributed by atoms with Gasteiger partial charge in [0.05, 0.1) is 0 Å². The van der Waals surface area contributed by atoms with Crippen molar-refractivity contribution < 1.29 is 9.18 Å². The smallest absolute Gasteiger partial charge is 0.150 e. The molecule has 2 rings (SSSR count). The lowest BCUT2D eigenvalue weighted by Gasteiger charge is -2.24. The fourth-order valence-corrected chi connectivity index (χ4v) is 2.28. The Morgan fingerprint density at radius 1 is 1.38 bits per heavy atom. The first-order valence-electron chi connectivity index (χ1n) is 5.71. The van der Waals surface area contributed by atoms with Gasteiger partial charge in [0.25, 0.3) is 0 Å². The number of benzene rings is 1. The summed E-state index contributed by atoms with van der Waals surface area (Å²) in [6.07, 6.45) is 3.12. The number of halogens is 1. The molecule has 1 atom stereocenters. The number of carbonyl (C=O) groups excluding carboxylic acids is 1. The highest BCUT2D eigenvalue weighted by atomic mass is 19.1. The number of likely N-dealkylation sites (tertiary alicyclic amines) is 1. The third-order valence-corrected chi connectivity index (χ3v) is 3.29. The zero-order chi connectivity index (χ0) is 11.5. The van der Waals surface area contributed by atoms with E-state index in [0.717, 1.165) is 19.4 Å². The van der Waals surface area contributed by atoms with Crippen molar-refractivity contribution in [1.29, 1.82) is 0 Å². The standard InChI is InChI=1S/C13H16FNO/c1-10(15-6-2-3-7-15)12-8-11(9-16)4-5-13(12)14/h4-5,8-10H,2-3,6-7H2,1H3. The van der Waals surface area contributed by atoms with Crippen LogP contribution in [0.15, 0.2) is 18.2 Å². The summed E-state index contributed by atoms with van der Waals surface area (Å²) in [5.41, 5.74) is 1.17. The van der Waals surface area contributed by atoms with Crippen molar-refractivity contribution in [3.8, 4) is 0 Å². The molecule has 0 aromatic heterocycles. The molecule has 0 saturated carbocycles. The van der Waals surface area contributed by atoms with Gasteiger partial charge in [-0.1, -0.05) is 0 Å². The fourth-order valence-electron chi connectivity index (χ4n) is 2.28. The molecule has 1 heterocycles. The van der Waals surface area contributed by atoms with E-state index in [1.54, 1.807) is 6.07 Å². The lowest BCUT2D eigenvalue weighted by Crippen LogP contribution is -2.24. The quantitative estimate of drug-likeness (QED) is 0.731. The molecule has 0 radical (unpaired) electrons. The van der Waals surface area contributed by atoms with E-state index in [-0.39, 0.29) is 11.9 Å². The Labute approximate surface area is 95.1 Å². The van der Waals surface area contributed by atoms with Gasteiger partial charge in [0.2, 0.25) is 0 Å². The third kappa shape index (κ3) is 2.14. The number of carbonyl (C=O) groups is 1. The molecule has 0 aliphatic carbocycles. The minimum Gasteiger partial charge on any atom is -0.298 e.